The van der Waals surface area contributed by atoms with E-state index >= 15 is 0 Å². The van der Waals surface area contributed by atoms with Gasteiger partial charge in [-0.1, -0.05) is 11.2 Å². The Balaban J connectivity index is 1.52. The van der Waals surface area contributed by atoms with E-state index in [1.54, 1.807) is 11.3 Å². The third-order valence-electron chi connectivity index (χ3n) is 3.31. The minimum atomic E-state index is -0.0378. The maximum atomic E-state index is 5.47. The number of unbranched alkanes of at least 4 members (excludes halogenated alkanes) is 1. The van der Waals surface area contributed by atoms with Gasteiger partial charge in [-0.05, 0) is 44.6 Å². The molecule has 5 heteroatoms. The van der Waals surface area contributed by atoms with E-state index in [9.17, 15) is 0 Å². The van der Waals surface area contributed by atoms with Gasteiger partial charge in [0, 0.05) is 5.92 Å². The monoisotopic (exact) mass is 297 g/mol. The fourth-order valence-corrected chi connectivity index (χ4v) is 2.75. The lowest BCUT2D eigenvalue weighted by molar-refractivity contribution is -0.191. The summed E-state index contributed by atoms with van der Waals surface area (Å²) >= 11 is 1.68. The van der Waals surface area contributed by atoms with Gasteiger partial charge in [-0.3, -0.25) is 0 Å². The molecule has 1 aromatic rings. The second-order valence-electron chi connectivity index (χ2n) is 5.08. The zero-order chi connectivity index (χ0) is 14.2. The van der Waals surface area contributed by atoms with Gasteiger partial charge in [0.2, 0.25) is 0 Å². The van der Waals surface area contributed by atoms with Crippen LogP contribution in [0.4, 0.5) is 0 Å². The zero-order valence-electron chi connectivity index (χ0n) is 12.2. The number of hydrogen-bond donors (Lipinski definition) is 0. The van der Waals surface area contributed by atoms with E-state index in [0.717, 1.165) is 43.1 Å². The molecule has 1 saturated heterocycles. The Labute approximate surface area is 124 Å². The van der Waals surface area contributed by atoms with E-state index in [0.29, 0.717) is 12.5 Å². The van der Waals surface area contributed by atoms with E-state index < -0.39 is 0 Å². The fourth-order valence-electron chi connectivity index (χ4n) is 2.08. The molecule has 4 nitrogen and oxygen atoms in total. The van der Waals surface area contributed by atoms with Crippen LogP contribution in [0.1, 0.15) is 38.0 Å². The highest BCUT2D eigenvalue weighted by molar-refractivity contribution is 7.12. The van der Waals surface area contributed by atoms with Crippen molar-refractivity contribution in [2.75, 3.05) is 19.8 Å². The van der Waals surface area contributed by atoms with E-state index in [-0.39, 0.29) is 6.29 Å². The van der Waals surface area contributed by atoms with Gasteiger partial charge >= 0.3 is 0 Å². The molecule has 1 aliphatic heterocycles. The minimum absolute atomic E-state index is 0.0378. The molecule has 112 valence electrons. The van der Waals surface area contributed by atoms with Crippen LogP contribution in [-0.2, 0) is 14.3 Å². The average Bonchev–Trinajstić information content (AvgIpc) is 2.98. The van der Waals surface area contributed by atoms with Crippen LogP contribution < -0.4 is 0 Å². The normalized spacial score (nSPS) is 23.8. The summed E-state index contributed by atoms with van der Waals surface area (Å²) in [6, 6.07) is 4.07. The first kappa shape index (κ1) is 15.5. The van der Waals surface area contributed by atoms with Crippen LogP contribution in [0.5, 0.6) is 0 Å². The lowest BCUT2D eigenvalue weighted by atomic mass is 10.0. The first-order valence-electron chi connectivity index (χ1n) is 7.19. The molecule has 0 aliphatic carbocycles. The van der Waals surface area contributed by atoms with E-state index in [4.69, 9.17) is 14.3 Å². The van der Waals surface area contributed by atoms with Gasteiger partial charge in [-0.25, -0.2) is 0 Å². The van der Waals surface area contributed by atoms with E-state index in [1.165, 1.54) is 0 Å². The molecule has 0 saturated carbocycles. The molecule has 0 spiro atoms. The summed E-state index contributed by atoms with van der Waals surface area (Å²) in [6.07, 6.45) is 3.24. The van der Waals surface area contributed by atoms with Crippen LogP contribution >= 0.6 is 11.3 Å². The summed E-state index contributed by atoms with van der Waals surface area (Å²) in [5, 5.41) is 6.18. The van der Waals surface area contributed by atoms with Crippen molar-refractivity contribution in [1.29, 1.82) is 0 Å². The van der Waals surface area contributed by atoms with Crippen LogP contribution in [0.2, 0.25) is 0 Å². The van der Waals surface area contributed by atoms with Crippen LogP contribution in [0, 0.1) is 5.92 Å². The number of hydrogen-bond acceptors (Lipinski definition) is 5. The molecule has 0 radical (unpaired) electrons. The van der Waals surface area contributed by atoms with Gasteiger partial charge < -0.3 is 14.3 Å². The molecule has 1 fully saturated rings. The van der Waals surface area contributed by atoms with Gasteiger partial charge in [0.25, 0.3) is 0 Å². The predicted octanol–water partition coefficient (Wildman–Crippen LogP) is 3.67. The number of ether oxygens (including phenoxy) is 2. The van der Waals surface area contributed by atoms with Crippen molar-refractivity contribution in [1.82, 2.24) is 0 Å². The summed E-state index contributed by atoms with van der Waals surface area (Å²) in [7, 11) is 0. The molecule has 2 rings (SSSR count). The molecule has 0 bridgehead atoms. The van der Waals surface area contributed by atoms with E-state index in [1.807, 2.05) is 25.3 Å². The average molecular weight is 297 g/mol. The lowest BCUT2D eigenvalue weighted by Crippen LogP contribution is -2.29. The molecule has 0 aromatic carbocycles. The summed E-state index contributed by atoms with van der Waals surface area (Å²) in [6.45, 7) is 6.23. The highest BCUT2D eigenvalue weighted by Gasteiger charge is 2.18. The standard InChI is InChI=1S/C15H23NO3S/c1-12(15-7-5-9-20-15)16-19-8-4-3-6-14-10-17-13(2)18-11-14/h5,7,9,13-14H,3-4,6,8,10-11H2,1-2H3. The molecule has 20 heavy (non-hydrogen) atoms. The predicted molar refractivity (Wildman–Crippen MR) is 81.2 cm³/mol. The molecular formula is C15H23NO3S. The summed E-state index contributed by atoms with van der Waals surface area (Å²) in [5.74, 6) is 0.530. The van der Waals surface area contributed by atoms with Crippen molar-refractivity contribution >= 4 is 17.0 Å². The molecule has 2 heterocycles. The largest absolute Gasteiger partial charge is 0.396 e. The third kappa shape index (κ3) is 5.23. The lowest BCUT2D eigenvalue weighted by Gasteiger charge is -2.27. The van der Waals surface area contributed by atoms with Gasteiger partial charge in [-0.2, -0.15) is 0 Å². The quantitative estimate of drug-likeness (QED) is 0.438. The van der Waals surface area contributed by atoms with Crippen LogP contribution in [0.15, 0.2) is 22.7 Å². The fraction of sp³-hybridized carbons (Fsp3) is 0.667. The second kappa shape index (κ2) is 8.39. The molecule has 0 amide bonds. The molecular weight excluding hydrogens is 274 g/mol. The van der Waals surface area contributed by atoms with E-state index in [2.05, 4.69) is 11.2 Å². The van der Waals surface area contributed by atoms with Crippen LogP contribution in [0.3, 0.4) is 0 Å². The van der Waals surface area contributed by atoms with Crippen molar-refractivity contribution in [3.63, 3.8) is 0 Å². The van der Waals surface area contributed by atoms with Gasteiger partial charge in [0.1, 0.15) is 6.61 Å². The highest BCUT2D eigenvalue weighted by Crippen LogP contribution is 2.16. The molecule has 0 unspecified atom stereocenters. The first-order chi connectivity index (χ1) is 9.75. The Morgan fingerprint density at radius 3 is 2.90 bits per heavy atom. The topological polar surface area (TPSA) is 40.0 Å². The van der Waals surface area contributed by atoms with Crippen molar-refractivity contribution < 1.29 is 14.3 Å². The van der Waals surface area contributed by atoms with Crippen molar-refractivity contribution in [2.45, 2.75) is 39.4 Å². The third-order valence-corrected chi connectivity index (χ3v) is 4.29. The second-order valence-corrected chi connectivity index (χ2v) is 6.03. The molecule has 1 aliphatic rings. The minimum Gasteiger partial charge on any atom is -0.396 e. The number of thiophene rings is 1. The highest BCUT2D eigenvalue weighted by atomic mass is 32.1. The maximum Gasteiger partial charge on any atom is 0.154 e. The Morgan fingerprint density at radius 2 is 2.20 bits per heavy atom. The summed E-state index contributed by atoms with van der Waals surface area (Å²) in [5.41, 5.74) is 0.947. The Bertz CT molecular complexity index is 397. The van der Waals surface area contributed by atoms with Crippen LogP contribution in [-0.4, -0.2) is 31.8 Å². The van der Waals surface area contributed by atoms with Gasteiger partial charge in [-0.15, -0.1) is 11.3 Å². The first-order valence-corrected chi connectivity index (χ1v) is 8.07. The van der Waals surface area contributed by atoms with Gasteiger partial charge in [0.15, 0.2) is 6.29 Å². The SMILES string of the molecule is CC(=NOCCCCC1COC(C)OC1)c1cccs1. The van der Waals surface area contributed by atoms with Crippen molar-refractivity contribution in [3.8, 4) is 0 Å². The molecule has 0 N–H and O–H groups in total. The summed E-state index contributed by atoms with van der Waals surface area (Å²) < 4.78 is 10.9. The molecule has 1 aromatic heterocycles. The maximum absolute atomic E-state index is 5.47. The van der Waals surface area contributed by atoms with Crippen molar-refractivity contribution in [2.24, 2.45) is 11.1 Å². The van der Waals surface area contributed by atoms with Crippen molar-refractivity contribution in [3.05, 3.63) is 22.4 Å². The zero-order valence-corrected chi connectivity index (χ0v) is 13.0. The number of nitrogens with zero attached hydrogens (tertiary/aromatic N) is 1. The van der Waals surface area contributed by atoms with Crippen LogP contribution in [0.25, 0.3) is 0 Å². The summed E-state index contributed by atoms with van der Waals surface area (Å²) in [4.78, 5) is 6.52. The Hall–Kier alpha value is -0.910. The number of oxime groups is 1. The van der Waals surface area contributed by atoms with Gasteiger partial charge in [0.05, 0.1) is 23.8 Å². The molecule has 0 atom stereocenters. The Morgan fingerprint density at radius 1 is 1.40 bits per heavy atom. The Kier molecular flexibility index (Phi) is 6.50. The number of rotatable bonds is 7. The smallest absolute Gasteiger partial charge is 0.154 e.